The molecule has 0 spiro atoms. The van der Waals surface area contributed by atoms with Gasteiger partial charge in [0.15, 0.2) is 5.82 Å². The van der Waals surface area contributed by atoms with Gasteiger partial charge in [-0.1, -0.05) is 170 Å². The molecule has 1 aliphatic rings. The van der Waals surface area contributed by atoms with Crippen LogP contribution in [-0.4, -0.2) is 9.97 Å². The summed E-state index contributed by atoms with van der Waals surface area (Å²) in [5, 5.41) is 3.56. The van der Waals surface area contributed by atoms with Crippen LogP contribution < -0.4 is 0 Å². The minimum atomic E-state index is -0.543. The van der Waals surface area contributed by atoms with Crippen molar-refractivity contribution in [2.45, 2.75) is 5.41 Å². The average Bonchev–Trinajstić information content (AvgIpc) is 3.77. The van der Waals surface area contributed by atoms with Crippen LogP contribution in [0.1, 0.15) is 22.3 Å². The Bertz CT molecular complexity index is 3000. The molecule has 0 saturated carbocycles. The summed E-state index contributed by atoms with van der Waals surface area (Å²) in [6, 6.07) is 70.3. The lowest BCUT2D eigenvalue weighted by Crippen LogP contribution is -2.28. The standard InChI is InChI=1S/C51H32N2S/c1-4-17-34(18-5-1)41-31-42-39-24-12-14-26-44(39)51(37-20-6-2-7-21-37,38-22-8-3-9-23-38)45(42)32-43(41)50-52-47(36-29-28-33-16-10-11-19-35(33)30-36)49-48(53-50)40-25-13-15-27-46(40)54-49/h1-32H. The SMILES string of the molecule is c1ccc(-c2cc3c(cc2-c2nc(-c4ccc5ccccc5c4)c4sc5ccccc5c4n2)C(c2ccccc2)(c2ccccc2)c2ccccc2-3)cc1. The molecule has 3 heteroatoms. The molecular weight excluding hydrogens is 673 g/mol. The Morgan fingerprint density at radius 1 is 0.407 bits per heavy atom. The molecule has 11 rings (SSSR count). The maximum absolute atomic E-state index is 5.60. The monoisotopic (exact) mass is 704 g/mol. The van der Waals surface area contributed by atoms with E-state index < -0.39 is 5.41 Å². The second-order valence-corrected chi connectivity index (χ2v) is 15.1. The van der Waals surface area contributed by atoms with Crippen LogP contribution >= 0.6 is 11.3 Å². The van der Waals surface area contributed by atoms with E-state index in [9.17, 15) is 0 Å². The summed E-state index contributed by atoms with van der Waals surface area (Å²) in [5.41, 5.74) is 13.2. The first kappa shape index (κ1) is 30.9. The third kappa shape index (κ3) is 4.59. The second-order valence-electron chi connectivity index (χ2n) is 14.1. The molecule has 0 saturated heterocycles. The van der Waals surface area contributed by atoms with Gasteiger partial charge in [-0.05, 0) is 79.5 Å². The van der Waals surface area contributed by atoms with E-state index in [-0.39, 0.29) is 0 Å². The number of hydrogen-bond acceptors (Lipinski definition) is 3. The van der Waals surface area contributed by atoms with Gasteiger partial charge in [0, 0.05) is 21.2 Å². The van der Waals surface area contributed by atoms with Crippen LogP contribution in [0.4, 0.5) is 0 Å². The molecular formula is C51H32N2S. The van der Waals surface area contributed by atoms with Crippen molar-refractivity contribution >= 4 is 42.4 Å². The van der Waals surface area contributed by atoms with Crippen molar-refractivity contribution < 1.29 is 0 Å². The van der Waals surface area contributed by atoms with Crippen molar-refractivity contribution in [3.05, 3.63) is 216 Å². The van der Waals surface area contributed by atoms with Gasteiger partial charge in [0.05, 0.1) is 21.3 Å². The summed E-state index contributed by atoms with van der Waals surface area (Å²) in [6.07, 6.45) is 0. The maximum Gasteiger partial charge on any atom is 0.161 e. The molecule has 2 aromatic heterocycles. The largest absolute Gasteiger partial charge is 0.226 e. The molecule has 0 bridgehead atoms. The van der Waals surface area contributed by atoms with Crippen LogP contribution in [0.5, 0.6) is 0 Å². The lowest BCUT2D eigenvalue weighted by molar-refractivity contribution is 0.768. The van der Waals surface area contributed by atoms with Gasteiger partial charge >= 0.3 is 0 Å². The summed E-state index contributed by atoms with van der Waals surface area (Å²) in [6.45, 7) is 0. The normalized spacial score (nSPS) is 13.0. The van der Waals surface area contributed by atoms with Gasteiger partial charge in [-0.15, -0.1) is 11.3 Å². The van der Waals surface area contributed by atoms with E-state index >= 15 is 0 Å². The first-order valence-electron chi connectivity index (χ1n) is 18.4. The summed E-state index contributed by atoms with van der Waals surface area (Å²) >= 11 is 1.77. The lowest BCUT2D eigenvalue weighted by Gasteiger charge is -2.34. The molecule has 10 aromatic rings. The van der Waals surface area contributed by atoms with Crippen molar-refractivity contribution in [2.24, 2.45) is 0 Å². The molecule has 0 fully saturated rings. The van der Waals surface area contributed by atoms with E-state index in [0.29, 0.717) is 0 Å². The van der Waals surface area contributed by atoms with E-state index in [1.54, 1.807) is 11.3 Å². The highest BCUT2D eigenvalue weighted by Gasteiger charge is 2.46. The van der Waals surface area contributed by atoms with Crippen LogP contribution in [-0.2, 0) is 5.41 Å². The number of nitrogens with zero attached hydrogens (tertiary/aromatic N) is 2. The Balaban J connectivity index is 1.27. The lowest BCUT2D eigenvalue weighted by atomic mass is 9.67. The van der Waals surface area contributed by atoms with Crippen molar-refractivity contribution in [3.63, 3.8) is 0 Å². The van der Waals surface area contributed by atoms with Gasteiger partial charge < -0.3 is 0 Å². The molecule has 0 atom stereocenters. The van der Waals surface area contributed by atoms with Gasteiger partial charge in [-0.25, -0.2) is 9.97 Å². The molecule has 2 nitrogen and oxygen atoms in total. The zero-order valence-electron chi connectivity index (χ0n) is 29.3. The van der Waals surface area contributed by atoms with Crippen molar-refractivity contribution in [1.29, 1.82) is 0 Å². The first-order valence-corrected chi connectivity index (χ1v) is 19.2. The highest BCUT2D eigenvalue weighted by molar-refractivity contribution is 7.26. The molecule has 1 aliphatic carbocycles. The Hall–Kier alpha value is -6.68. The Morgan fingerprint density at radius 3 is 1.83 bits per heavy atom. The van der Waals surface area contributed by atoms with Crippen molar-refractivity contribution in [3.8, 4) is 44.9 Å². The summed E-state index contributed by atoms with van der Waals surface area (Å²) in [5.74, 6) is 0.724. The third-order valence-corrected chi connectivity index (χ3v) is 12.3. The van der Waals surface area contributed by atoms with Crippen LogP contribution in [0.25, 0.3) is 76.0 Å². The minimum absolute atomic E-state index is 0.543. The summed E-state index contributed by atoms with van der Waals surface area (Å²) < 4.78 is 2.31. The van der Waals surface area contributed by atoms with Crippen LogP contribution in [0.3, 0.4) is 0 Å². The molecule has 0 amide bonds. The number of benzene rings is 8. The Morgan fingerprint density at radius 2 is 1.06 bits per heavy atom. The zero-order valence-corrected chi connectivity index (χ0v) is 30.1. The van der Waals surface area contributed by atoms with E-state index in [4.69, 9.17) is 9.97 Å². The van der Waals surface area contributed by atoms with Gasteiger partial charge in [-0.2, -0.15) is 0 Å². The first-order chi connectivity index (χ1) is 26.8. The number of rotatable bonds is 5. The van der Waals surface area contributed by atoms with Gasteiger partial charge in [-0.3, -0.25) is 0 Å². The number of aromatic nitrogens is 2. The molecule has 252 valence electrons. The number of hydrogen-bond donors (Lipinski definition) is 0. The number of thiophene rings is 1. The summed E-state index contributed by atoms with van der Waals surface area (Å²) in [7, 11) is 0. The molecule has 8 aromatic carbocycles. The molecule has 0 unspecified atom stereocenters. The van der Waals surface area contributed by atoms with Gasteiger partial charge in [0.1, 0.15) is 0 Å². The van der Waals surface area contributed by atoms with Crippen molar-refractivity contribution in [1.82, 2.24) is 9.97 Å². The quantitative estimate of drug-likeness (QED) is 0.178. The topological polar surface area (TPSA) is 25.8 Å². The van der Waals surface area contributed by atoms with Crippen molar-refractivity contribution in [2.75, 3.05) is 0 Å². The van der Waals surface area contributed by atoms with E-state index in [1.165, 1.54) is 48.9 Å². The highest BCUT2D eigenvalue weighted by Crippen LogP contribution is 2.58. The van der Waals surface area contributed by atoms with Gasteiger partial charge in [0.2, 0.25) is 0 Å². The average molecular weight is 705 g/mol. The predicted octanol–water partition coefficient (Wildman–Crippen LogP) is 13.4. The molecule has 0 radical (unpaired) electrons. The fraction of sp³-hybridized carbons (Fsp3) is 0.0196. The fourth-order valence-electron chi connectivity index (χ4n) is 8.77. The zero-order chi connectivity index (χ0) is 35.6. The smallest absolute Gasteiger partial charge is 0.161 e. The number of fused-ring (bicyclic) bond motifs is 7. The highest BCUT2D eigenvalue weighted by atomic mass is 32.1. The van der Waals surface area contributed by atoms with Crippen LogP contribution in [0, 0.1) is 0 Å². The summed E-state index contributed by atoms with van der Waals surface area (Å²) in [4.78, 5) is 11.1. The maximum atomic E-state index is 5.60. The Kier molecular flexibility index (Phi) is 6.98. The van der Waals surface area contributed by atoms with E-state index in [2.05, 4.69) is 194 Å². The van der Waals surface area contributed by atoms with Crippen LogP contribution in [0.15, 0.2) is 194 Å². The minimum Gasteiger partial charge on any atom is -0.226 e. The predicted molar refractivity (Wildman–Crippen MR) is 226 cm³/mol. The molecule has 2 heterocycles. The molecule has 0 aliphatic heterocycles. The molecule has 54 heavy (non-hydrogen) atoms. The third-order valence-electron chi connectivity index (χ3n) is 11.2. The van der Waals surface area contributed by atoms with E-state index in [1.807, 2.05) is 0 Å². The second kappa shape index (κ2) is 12.2. The van der Waals surface area contributed by atoms with Crippen LogP contribution in [0.2, 0.25) is 0 Å². The van der Waals surface area contributed by atoms with E-state index in [0.717, 1.165) is 49.4 Å². The van der Waals surface area contributed by atoms with Gasteiger partial charge in [0.25, 0.3) is 0 Å². The Labute approximate surface area is 317 Å². The molecule has 0 N–H and O–H groups in total. The fourth-order valence-corrected chi connectivity index (χ4v) is 9.93.